The van der Waals surface area contributed by atoms with Crippen molar-refractivity contribution in [3.05, 3.63) is 71.3 Å². The SMILES string of the molecule is N=C(N)c1ccc(CNC(=O)CNC(=O)[C@@H](CC2CCCCC2)NS(=O)(=O)Cc2ccccc2)cc1. The number of carbonyl (C=O) groups excluding carboxylic acids is 2. The van der Waals surface area contributed by atoms with Crippen molar-refractivity contribution in [3.8, 4) is 0 Å². The van der Waals surface area contributed by atoms with Gasteiger partial charge in [-0.3, -0.25) is 15.0 Å². The number of benzene rings is 2. The van der Waals surface area contributed by atoms with Gasteiger partial charge in [0.15, 0.2) is 0 Å². The van der Waals surface area contributed by atoms with Gasteiger partial charge < -0.3 is 16.4 Å². The van der Waals surface area contributed by atoms with E-state index < -0.39 is 22.0 Å². The number of amides is 2. The van der Waals surface area contributed by atoms with Crippen LogP contribution >= 0.6 is 0 Å². The van der Waals surface area contributed by atoms with E-state index in [0.29, 0.717) is 17.5 Å². The molecule has 0 aromatic heterocycles. The lowest BCUT2D eigenvalue weighted by Gasteiger charge is -2.26. The molecule has 0 heterocycles. The second-order valence-electron chi connectivity index (χ2n) is 9.26. The predicted molar refractivity (Wildman–Crippen MR) is 139 cm³/mol. The Hall–Kier alpha value is -3.24. The van der Waals surface area contributed by atoms with Gasteiger partial charge in [-0.25, -0.2) is 13.1 Å². The fourth-order valence-electron chi connectivity index (χ4n) is 4.37. The predicted octanol–water partition coefficient (Wildman–Crippen LogP) is 2.16. The summed E-state index contributed by atoms with van der Waals surface area (Å²) in [5.41, 5.74) is 7.50. The lowest BCUT2D eigenvalue weighted by molar-refractivity contribution is -0.127. The molecule has 0 spiro atoms. The zero-order valence-electron chi connectivity index (χ0n) is 20.3. The molecule has 2 aromatic rings. The molecule has 9 nitrogen and oxygen atoms in total. The maximum absolute atomic E-state index is 13.0. The van der Waals surface area contributed by atoms with Crippen LogP contribution in [0.1, 0.15) is 55.2 Å². The van der Waals surface area contributed by atoms with Crippen LogP contribution in [0.5, 0.6) is 0 Å². The van der Waals surface area contributed by atoms with E-state index in [1.54, 1.807) is 48.5 Å². The molecular weight excluding hydrogens is 478 g/mol. The first kappa shape index (κ1) is 27.3. The Kier molecular flexibility index (Phi) is 10.0. The molecule has 1 saturated carbocycles. The maximum Gasteiger partial charge on any atom is 0.239 e. The number of nitrogen functional groups attached to an aromatic ring is 1. The highest BCUT2D eigenvalue weighted by molar-refractivity contribution is 7.88. The molecule has 0 aliphatic heterocycles. The highest BCUT2D eigenvalue weighted by Crippen LogP contribution is 2.27. The van der Waals surface area contributed by atoms with E-state index in [-0.39, 0.29) is 36.5 Å². The first-order valence-corrected chi connectivity index (χ1v) is 13.9. The molecule has 6 N–H and O–H groups in total. The van der Waals surface area contributed by atoms with Gasteiger partial charge in [-0.05, 0) is 23.5 Å². The van der Waals surface area contributed by atoms with Crippen molar-refractivity contribution in [2.45, 2.75) is 56.9 Å². The third-order valence-electron chi connectivity index (χ3n) is 6.31. The van der Waals surface area contributed by atoms with Crippen LogP contribution in [-0.2, 0) is 31.9 Å². The first-order chi connectivity index (χ1) is 17.2. The minimum atomic E-state index is -3.76. The second kappa shape index (κ2) is 13.2. The summed E-state index contributed by atoms with van der Waals surface area (Å²) < 4.78 is 28.2. The molecular formula is C26H35N5O4S. The standard InChI is InChI=1S/C26H35N5O4S/c27-25(28)22-13-11-20(12-14-22)16-29-24(32)17-30-26(33)23(15-19-7-3-1-4-8-19)31-36(34,35)18-21-9-5-2-6-10-21/h2,5-6,9-14,19,23,31H,1,3-4,7-8,15-18H2,(H3,27,28)(H,29,32)(H,30,33)/t23-/m1/s1. The van der Waals surface area contributed by atoms with Crippen molar-refractivity contribution in [2.75, 3.05) is 6.54 Å². The highest BCUT2D eigenvalue weighted by atomic mass is 32.2. The van der Waals surface area contributed by atoms with Gasteiger partial charge in [-0.2, -0.15) is 0 Å². The lowest BCUT2D eigenvalue weighted by Crippen LogP contribution is -2.50. The van der Waals surface area contributed by atoms with E-state index in [1.807, 2.05) is 6.07 Å². The third kappa shape index (κ3) is 9.09. The van der Waals surface area contributed by atoms with Gasteiger partial charge in [0.05, 0.1) is 12.3 Å². The smallest absolute Gasteiger partial charge is 0.239 e. The zero-order valence-corrected chi connectivity index (χ0v) is 21.1. The average molecular weight is 514 g/mol. The minimum Gasteiger partial charge on any atom is -0.384 e. The minimum absolute atomic E-state index is 0.0320. The van der Waals surface area contributed by atoms with Crippen LogP contribution in [-0.4, -0.2) is 38.7 Å². The van der Waals surface area contributed by atoms with Crippen LogP contribution in [0.3, 0.4) is 0 Å². The molecule has 194 valence electrons. The van der Waals surface area contributed by atoms with Crippen molar-refractivity contribution in [2.24, 2.45) is 11.7 Å². The van der Waals surface area contributed by atoms with Crippen molar-refractivity contribution in [1.82, 2.24) is 15.4 Å². The van der Waals surface area contributed by atoms with Crippen molar-refractivity contribution in [1.29, 1.82) is 5.41 Å². The summed E-state index contributed by atoms with van der Waals surface area (Å²) in [6, 6.07) is 14.8. The summed E-state index contributed by atoms with van der Waals surface area (Å²) in [6.45, 7) is -0.00591. The Morgan fingerprint density at radius 2 is 1.61 bits per heavy atom. The van der Waals surface area contributed by atoms with Gasteiger partial charge in [0.25, 0.3) is 0 Å². The average Bonchev–Trinajstić information content (AvgIpc) is 2.86. The quantitative estimate of drug-likeness (QED) is 0.217. The highest BCUT2D eigenvalue weighted by Gasteiger charge is 2.28. The molecule has 1 atom stereocenters. The van der Waals surface area contributed by atoms with Gasteiger partial charge in [0, 0.05) is 12.1 Å². The molecule has 1 fully saturated rings. The van der Waals surface area contributed by atoms with Crippen LogP contribution < -0.4 is 21.1 Å². The monoisotopic (exact) mass is 513 g/mol. The van der Waals surface area contributed by atoms with Crippen LogP contribution in [0, 0.1) is 11.3 Å². The normalized spacial score (nSPS) is 15.1. The summed E-state index contributed by atoms with van der Waals surface area (Å²) in [4.78, 5) is 25.3. The lowest BCUT2D eigenvalue weighted by atomic mass is 9.85. The third-order valence-corrected chi connectivity index (χ3v) is 7.67. The Morgan fingerprint density at radius 3 is 2.25 bits per heavy atom. The van der Waals surface area contributed by atoms with Gasteiger partial charge in [-0.1, -0.05) is 86.7 Å². The summed E-state index contributed by atoms with van der Waals surface area (Å²) in [5, 5.41) is 12.7. The van der Waals surface area contributed by atoms with E-state index in [1.165, 1.54) is 0 Å². The fraction of sp³-hybridized carbons (Fsp3) is 0.423. The fourth-order valence-corrected chi connectivity index (χ4v) is 5.72. The number of hydrogen-bond donors (Lipinski definition) is 5. The number of amidine groups is 1. The molecule has 10 heteroatoms. The molecule has 2 aromatic carbocycles. The molecule has 2 amide bonds. The number of carbonyl (C=O) groups is 2. The zero-order chi connectivity index (χ0) is 26.0. The molecule has 1 aliphatic carbocycles. The summed E-state index contributed by atoms with van der Waals surface area (Å²) in [7, 11) is -3.76. The molecule has 36 heavy (non-hydrogen) atoms. The summed E-state index contributed by atoms with van der Waals surface area (Å²) in [5.74, 6) is -0.873. The molecule has 3 rings (SSSR count). The van der Waals surface area contributed by atoms with Crippen LogP contribution in [0.25, 0.3) is 0 Å². The first-order valence-electron chi connectivity index (χ1n) is 12.2. The van der Waals surface area contributed by atoms with E-state index >= 15 is 0 Å². The molecule has 0 saturated heterocycles. The number of rotatable bonds is 12. The number of nitrogens with two attached hydrogens (primary N) is 1. The Bertz CT molecular complexity index is 1130. The van der Waals surface area contributed by atoms with E-state index in [2.05, 4.69) is 15.4 Å². The van der Waals surface area contributed by atoms with Crippen LogP contribution in [0.15, 0.2) is 54.6 Å². The molecule has 0 bridgehead atoms. The molecule has 1 aliphatic rings. The second-order valence-corrected chi connectivity index (χ2v) is 11.0. The number of nitrogens with one attached hydrogen (secondary N) is 4. The number of sulfonamides is 1. The van der Waals surface area contributed by atoms with Gasteiger partial charge in [-0.15, -0.1) is 0 Å². The van der Waals surface area contributed by atoms with Crippen LogP contribution in [0.2, 0.25) is 0 Å². The molecule has 0 unspecified atom stereocenters. The van der Waals surface area contributed by atoms with Crippen LogP contribution in [0.4, 0.5) is 0 Å². The van der Waals surface area contributed by atoms with E-state index in [4.69, 9.17) is 11.1 Å². The van der Waals surface area contributed by atoms with Crippen molar-refractivity contribution < 1.29 is 18.0 Å². The Balaban J connectivity index is 1.55. The van der Waals surface area contributed by atoms with Crippen molar-refractivity contribution >= 4 is 27.7 Å². The van der Waals surface area contributed by atoms with Gasteiger partial charge in [0.2, 0.25) is 21.8 Å². The van der Waals surface area contributed by atoms with Crippen molar-refractivity contribution in [3.63, 3.8) is 0 Å². The van der Waals surface area contributed by atoms with Gasteiger partial charge >= 0.3 is 0 Å². The Labute approximate surface area is 212 Å². The summed E-state index contributed by atoms with van der Waals surface area (Å²) >= 11 is 0. The maximum atomic E-state index is 13.0. The Morgan fingerprint density at radius 1 is 0.944 bits per heavy atom. The van der Waals surface area contributed by atoms with Gasteiger partial charge in [0.1, 0.15) is 11.9 Å². The van der Waals surface area contributed by atoms with E-state index in [9.17, 15) is 18.0 Å². The van der Waals surface area contributed by atoms with E-state index in [0.717, 1.165) is 37.7 Å². The number of hydrogen-bond acceptors (Lipinski definition) is 5. The largest absolute Gasteiger partial charge is 0.384 e. The topological polar surface area (TPSA) is 154 Å². The summed E-state index contributed by atoms with van der Waals surface area (Å²) in [6.07, 6.45) is 5.64. The molecule has 0 radical (unpaired) electrons.